The summed E-state index contributed by atoms with van der Waals surface area (Å²) in [6.07, 6.45) is 4.76. The van der Waals surface area contributed by atoms with Gasteiger partial charge in [0.15, 0.2) is 5.78 Å². The lowest BCUT2D eigenvalue weighted by Gasteiger charge is -2.25. The molecule has 2 heteroatoms. The molecule has 0 spiro atoms. The summed E-state index contributed by atoms with van der Waals surface area (Å²) >= 11 is 0. The minimum absolute atomic E-state index is 0.0921. The van der Waals surface area contributed by atoms with Crippen LogP contribution in [0.1, 0.15) is 52.2 Å². The number of ketones is 1. The zero-order valence-corrected chi connectivity index (χ0v) is 12.2. The van der Waals surface area contributed by atoms with Crippen LogP contribution in [0.25, 0.3) is 0 Å². The molecule has 1 aliphatic carbocycles. The van der Waals surface area contributed by atoms with Crippen molar-refractivity contribution in [2.24, 2.45) is 5.73 Å². The predicted molar refractivity (Wildman–Crippen MR) is 85.7 cm³/mol. The maximum absolute atomic E-state index is 12.5. The van der Waals surface area contributed by atoms with E-state index in [2.05, 4.69) is 12.1 Å². The van der Waals surface area contributed by atoms with E-state index in [1.165, 1.54) is 30.4 Å². The summed E-state index contributed by atoms with van der Waals surface area (Å²) in [5.41, 5.74) is 9.59. The Balaban J connectivity index is 1.74. The smallest absolute Gasteiger partial charge is 0.193 e. The zero-order chi connectivity index (χ0) is 14.7. The average molecular weight is 279 g/mol. The molecule has 3 rings (SSSR count). The van der Waals surface area contributed by atoms with E-state index >= 15 is 0 Å². The van der Waals surface area contributed by atoms with Crippen molar-refractivity contribution in [3.05, 3.63) is 70.8 Å². The van der Waals surface area contributed by atoms with Gasteiger partial charge < -0.3 is 5.73 Å². The third-order valence-corrected chi connectivity index (χ3v) is 4.40. The summed E-state index contributed by atoms with van der Waals surface area (Å²) in [6, 6.07) is 15.9. The summed E-state index contributed by atoms with van der Waals surface area (Å²) in [5.74, 6) is 0.805. The van der Waals surface area contributed by atoms with Gasteiger partial charge in [-0.25, -0.2) is 0 Å². The highest BCUT2D eigenvalue weighted by Crippen LogP contribution is 2.36. The van der Waals surface area contributed by atoms with Gasteiger partial charge in [-0.1, -0.05) is 55.0 Å². The third kappa shape index (κ3) is 3.06. The van der Waals surface area contributed by atoms with Gasteiger partial charge in [0.2, 0.25) is 0 Å². The van der Waals surface area contributed by atoms with Crippen molar-refractivity contribution in [1.29, 1.82) is 0 Å². The first kappa shape index (κ1) is 14.0. The van der Waals surface area contributed by atoms with Crippen molar-refractivity contribution in [2.45, 2.75) is 31.6 Å². The molecule has 21 heavy (non-hydrogen) atoms. The van der Waals surface area contributed by atoms with Gasteiger partial charge in [0.25, 0.3) is 0 Å². The molecule has 1 aliphatic rings. The first-order valence-corrected chi connectivity index (χ1v) is 7.71. The van der Waals surface area contributed by atoms with E-state index < -0.39 is 0 Å². The van der Waals surface area contributed by atoms with Crippen molar-refractivity contribution in [1.82, 2.24) is 0 Å². The van der Waals surface area contributed by atoms with Gasteiger partial charge in [-0.05, 0) is 42.9 Å². The van der Waals surface area contributed by atoms with Crippen molar-refractivity contribution in [3.63, 3.8) is 0 Å². The van der Waals surface area contributed by atoms with Gasteiger partial charge >= 0.3 is 0 Å². The lowest BCUT2D eigenvalue weighted by atomic mass is 9.80. The summed E-state index contributed by atoms with van der Waals surface area (Å²) in [4.78, 5) is 12.5. The van der Waals surface area contributed by atoms with Crippen LogP contribution in [0.5, 0.6) is 0 Å². The fourth-order valence-electron chi connectivity index (χ4n) is 2.80. The second-order valence-electron chi connectivity index (χ2n) is 5.81. The molecule has 0 atom stereocenters. The van der Waals surface area contributed by atoms with Crippen LogP contribution in [0.2, 0.25) is 0 Å². The largest absolute Gasteiger partial charge is 0.330 e. The van der Waals surface area contributed by atoms with Gasteiger partial charge in [-0.3, -0.25) is 4.79 Å². The third-order valence-electron chi connectivity index (χ3n) is 4.40. The van der Waals surface area contributed by atoms with Crippen LogP contribution in [0.15, 0.2) is 48.5 Å². The number of carbonyl (C=O) groups excluding carboxylic acids is 1. The van der Waals surface area contributed by atoms with Crippen LogP contribution in [-0.4, -0.2) is 12.3 Å². The van der Waals surface area contributed by atoms with Gasteiger partial charge in [0, 0.05) is 11.1 Å². The maximum atomic E-state index is 12.5. The zero-order valence-electron chi connectivity index (χ0n) is 12.2. The van der Waals surface area contributed by atoms with Crippen LogP contribution < -0.4 is 5.73 Å². The molecule has 2 nitrogen and oxygen atoms in total. The molecule has 2 N–H and O–H groups in total. The monoisotopic (exact) mass is 279 g/mol. The predicted octanol–water partition coefficient (Wildman–Crippen LogP) is 3.69. The van der Waals surface area contributed by atoms with E-state index in [0.717, 1.165) is 17.5 Å². The SMILES string of the molecule is NCCc1ccc(C(=O)c2ccc(C3CCC3)cc2)cc1. The van der Waals surface area contributed by atoms with Crippen molar-refractivity contribution in [2.75, 3.05) is 6.54 Å². The van der Waals surface area contributed by atoms with Crippen molar-refractivity contribution < 1.29 is 4.79 Å². The Hall–Kier alpha value is -1.93. The van der Waals surface area contributed by atoms with E-state index in [0.29, 0.717) is 12.5 Å². The minimum Gasteiger partial charge on any atom is -0.330 e. The highest BCUT2D eigenvalue weighted by Gasteiger charge is 2.19. The molecule has 0 aliphatic heterocycles. The molecule has 0 saturated heterocycles. The number of rotatable bonds is 5. The van der Waals surface area contributed by atoms with E-state index in [4.69, 9.17) is 5.73 Å². The molecule has 108 valence electrons. The van der Waals surface area contributed by atoms with Crippen molar-refractivity contribution >= 4 is 5.78 Å². The van der Waals surface area contributed by atoms with Crippen LogP contribution in [-0.2, 0) is 6.42 Å². The quantitative estimate of drug-likeness (QED) is 0.848. The fraction of sp³-hybridized carbons (Fsp3) is 0.316. The van der Waals surface area contributed by atoms with E-state index in [-0.39, 0.29) is 5.78 Å². The number of hydrogen-bond donors (Lipinski definition) is 1. The first-order valence-electron chi connectivity index (χ1n) is 7.71. The molecule has 0 aromatic heterocycles. The molecule has 1 saturated carbocycles. The van der Waals surface area contributed by atoms with E-state index in [1.807, 2.05) is 36.4 Å². The molecule has 0 heterocycles. The van der Waals surface area contributed by atoms with Gasteiger partial charge in [-0.2, -0.15) is 0 Å². The minimum atomic E-state index is 0.0921. The Kier molecular flexibility index (Phi) is 4.16. The van der Waals surface area contributed by atoms with Crippen molar-refractivity contribution in [3.8, 4) is 0 Å². The van der Waals surface area contributed by atoms with Gasteiger partial charge in [0.1, 0.15) is 0 Å². The van der Waals surface area contributed by atoms with Crippen LogP contribution >= 0.6 is 0 Å². The summed E-state index contributed by atoms with van der Waals surface area (Å²) in [6.45, 7) is 0.635. The topological polar surface area (TPSA) is 43.1 Å². The maximum Gasteiger partial charge on any atom is 0.193 e. The second-order valence-corrected chi connectivity index (χ2v) is 5.81. The highest BCUT2D eigenvalue weighted by atomic mass is 16.1. The van der Waals surface area contributed by atoms with Crippen LogP contribution in [0, 0.1) is 0 Å². The number of hydrogen-bond acceptors (Lipinski definition) is 2. The Morgan fingerprint density at radius 2 is 1.52 bits per heavy atom. The Morgan fingerprint density at radius 1 is 0.952 bits per heavy atom. The molecule has 2 aromatic carbocycles. The molecule has 1 fully saturated rings. The molecule has 2 aromatic rings. The Bertz CT molecular complexity index is 609. The number of benzene rings is 2. The fourth-order valence-corrected chi connectivity index (χ4v) is 2.80. The molecular formula is C19H21NO. The second kappa shape index (κ2) is 6.23. The Morgan fingerprint density at radius 3 is 2.00 bits per heavy atom. The van der Waals surface area contributed by atoms with E-state index in [1.54, 1.807) is 0 Å². The Labute approximate surface area is 126 Å². The molecular weight excluding hydrogens is 258 g/mol. The average Bonchev–Trinajstić information content (AvgIpc) is 2.47. The van der Waals surface area contributed by atoms with Gasteiger partial charge in [0.05, 0.1) is 0 Å². The lowest BCUT2D eigenvalue weighted by molar-refractivity contribution is 0.103. The lowest BCUT2D eigenvalue weighted by Crippen LogP contribution is -2.09. The summed E-state index contributed by atoms with van der Waals surface area (Å²) < 4.78 is 0. The highest BCUT2D eigenvalue weighted by molar-refractivity contribution is 6.09. The van der Waals surface area contributed by atoms with E-state index in [9.17, 15) is 4.79 Å². The van der Waals surface area contributed by atoms with Gasteiger partial charge in [-0.15, -0.1) is 0 Å². The number of nitrogens with two attached hydrogens (primary N) is 1. The summed E-state index contributed by atoms with van der Waals surface area (Å²) in [5, 5.41) is 0. The summed E-state index contributed by atoms with van der Waals surface area (Å²) in [7, 11) is 0. The molecule has 0 radical (unpaired) electrons. The first-order chi connectivity index (χ1) is 10.3. The molecule has 0 bridgehead atoms. The standard InChI is InChI=1S/C19H21NO/c20-13-12-14-4-6-17(7-5-14)19(21)18-10-8-16(9-11-18)15-2-1-3-15/h4-11,15H,1-3,12-13,20H2. The molecule has 0 unspecified atom stereocenters. The van der Waals surface area contributed by atoms with Crippen LogP contribution in [0.3, 0.4) is 0 Å². The van der Waals surface area contributed by atoms with Crippen LogP contribution in [0.4, 0.5) is 0 Å². The number of carbonyl (C=O) groups is 1. The normalized spacial score (nSPS) is 14.7. The molecule has 0 amide bonds.